The Hall–Kier alpha value is -1.59. The van der Waals surface area contributed by atoms with Gasteiger partial charge < -0.3 is 11.2 Å². The number of allylic oxidation sites excluding steroid dienone is 1. The fraction of sp³-hybridized carbons (Fsp3) is 0.500. The maximum Gasteiger partial charge on any atom is 0.259 e. The van der Waals surface area contributed by atoms with Crippen molar-refractivity contribution < 1.29 is 4.92 Å². The van der Waals surface area contributed by atoms with Crippen LogP contribution in [0, 0.1) is 10.1 Å². The van der Waals surface area contributed by atoms with E-state index in [0.717, 1.165) is 19.2 Å². The second kappa shape index (κ2) is 3.70. The molecule has 6 heteroatoms. The van der Waals surface area contributed by atoms with E-state index in [-0.39, 0.29) is 0 Å². The number of piperidine rings is 1. The maximum atomic E-state index is 10.1. The van der Waals surface area contributed by atoms with E-state index in [1.54, 1.807) is 0 Å². The van der Waals surface area contributed by atoms with Crippen molar-refractivity contribution in [3.05, 3.63) is 22.0 Å². The molecule has 0 saturated carbocycles. The summed E-state index contributed by atoms with van der Waals surface area (Å²) in [5.74, 6) is 5.05. The molecule has 66 valence electrons. The van der Waals surface area contributed by atoms with Crippen molar-refractivity contribution in [3.8, 4) is 0 Å². The number of nitrogens with two attached hydrogens (primary N) is 1. The van der Waals surface area contributed by atoms with Crippen LogP contribution >= 0.6 is 0 Å². The first kappa shape index (κ1) is 8.51. The van der Waals surface area contributed by atoms with Crippen molar-refractivity contribution >= 4 is 5.71 Å². The number of hydrazone groups is 1. The van der Waals surface area contributed by atoms with Crippen molar-refractivity contribution in [3.63, 3.8) is 0 Å². The lowest BCUT2D eigenvalue weighted by molar-refractivity contribution is -0.403. The molecule has 6 nitrogen and oxygen atoms in total. The Morgan fingerprint density at radius 2 is 2.50 bits per heavy atom. The molecule has 0 spiro atoms. The van der Waals surface area contributed by atoms with Gasteiger partial charge in [-0.15, -0.1) is 0 Å². The minimum atomic E-state index is -0.515. The largest absolute Gasteiger partial charge is 0.378 e. The molecule has 12 heavy (non-hydrogen) atoms. The summed E-state index contributed by atoms with van der Waals surface area (Å²) < 4.78 is 0. The van der Waals surface area contributed by atoms with Crippen molar-refractivity contribution in [2.45, 2.75) is 12.8 Å². The summed E-state index contributed by atoms with van der Waals surface area (Å²) in [5.41, 5.74) is 0.992. The summed E-state index contributed by atoms with van der Waals surface area (Å²) >= 11 is 0. The molecule has 0 atom stereocenters. The fourth-order valence-corrected chi connectivity index (χ4v) is 1.08. The minimum absolute atomic E-state index is 0.425. The summed E-state index contributed by atoms with van der Waals surface area (Å²) in [4.78, 5) is 9.61. The van der Waals surface area contributed by atoms with E-state index in [9.17, 15) is 10.1 Å². The Kier molecular flexibility index (Phi) is 2.62. The van der Waals surface area contributed by atoms with E-state index in [1.807, 2.05) is 0 Å². The smallest absolute Gasteiger partial charge is 0.259 e. The highest BCUT2D eigenvalue weighted by Gasteiger charge is 2.15. The van der Waals surface area contributed by atoms with Crippen LogP contribution in [0.25, 0.3) is 0 Å². The van der Waals surface area contributed by atoms with Gasteiger partial charge in [-0.05, 0) is 12.8 Å². The Morgan fingerprint density at radius 3 is 3.08 bits per heavy atom. The van der Waals surface area contributed by atoms with E-state index in [4.69, 9.17) is 5.84 Å². The van der Waals surface area contributed by atoms with E-state index in [0.29, 0.717) is 17.8 Å². The van der Waals surface area contributed by atoms with Crippen molar-refractivity contribution in [2.24, 2.45) is 10.9 Å². The van der Waals surface area contributed by atoms with E-state index in [1.165, 1.54) is 0 Å². The molecule has 0 aromatic carbocycles. The lowest BCUT2D eigenvalue weighted by Gasteiger charge is -2.15. The lowest BCUT2D eigenvalue weighted by atomic mass is 10.1. The molecule has 0 radical (unpaired) electrons. The highest BCUT2D eigenvalue weighted by Crippen LogP contribution is 2.07. The van der Waals surface area contributed by atoms with Crippen LogP contribution in [0.5, 0.6) is 0 Å². The number of nitro groups is 1. The SMILES string of the molecule is NN=C1CCCNC1=C[N+](=O)[O-]. The highest BCUT2D eigenvalue weighted by atomic mass is 16.6. The molecule has 0 aromatic heterocycles. The first-order valence-corrected chi connectivity index (χ1v) is 3.60. The molecular weight excluding hydrogens is 160 g/mol. The van der Waals surface area contributed by atoms with Crippen molar-refractivity contribution in [1.29, 1.82) is 0 Å². The molecule has 1 aliphatic heterocycles. The second-order valence-corrected chi connectivity index (χ2v) is 2.43. The molecule has 0 aliphatic carbocycles. The summed E-state index contributed by atoms with van der Waals surface area (Å²) in [6, 6.07) is 0. The van der Waals surface area contributed by atoms with Crippen LogP contribution in [0.1, 0.15) is 12.8 Å². The van der Waals surface area contributed by atoms with Gasteiger partial charge in [-0.25, -0.2) is 0 Å². The predicted octanol–water partition coefficient (Wildman–Crippen LogP) is -0.197. The van der Waals surface area contributed by atoms with Gasteiger partial charge in [0.1, 0.15) is 5.70 Å². The molecule has 1 rings (SSSR count). The average Bonchev–Trinajstić information content (AvgIpc) is 2.04. The van der Waals surface area contributed by atoms with Crippen molar-refractivity contribution in [1.82, 2.24) is 5.32 Å². The van der Waals surface area contributed by atoms with Gasteiger partial charge in [-0.3, -0.25) is 10.1 Å². The van der Waals surface area contributed by atoms with Gasteiger partial charge in [0.05, 0.1) is 10.6 Å². The van der Waals surface area contributed by atoms with Gasteiger partial charge in [0.2, 0.25) is 0 Å². The number of hydrogen-bond acceptors (Lipinski definition) is 5. The first-order chi connectivity index (χ1) is 5.74. The van der Waals surface area contributed by atoms with Crippen LogP contribution < -0.4 is 11.2 Å². The monoisotopic (exact) mass is 170 g/mol. The Morgan fingerprint density at radius 1 is 1.75 bits per heavy atom. The number of nitrogens with zero attached hydrogens (tertiary/aromatic N) is 2. The standard InChI is InChI=1S/C6H10N4O2/c7-9-5-2-1-3-8-6(5)4-10(11)12/h4,8H,1-3,7H2. The zero-order valence-corrected chi connectivity index (χ0v) is 6.49. The molecule has 1 saturated heterocycles. The van der Waals surface area contributed by atoms with Crippen LogP contribution in [-0.2, 0) is 0 Å². The number of hydrogen-bond donors (Lipinski definition) is 2. The Balaban J connectivity index is 2.79. The topological polar surface area (TPSA) is 93.5 Å². The van der Waals surface area contributed by atoms with Gasteiger partial charge in [0, 0.05) is 6.54 Å². The van der Waals surface area contributed by atoms with Crippen LogP contribution in [0.2, 0.25) is 0 Å². The van der Waals surface area contributed by atoms with Gasteiger partial charge in [0.15, 0.2) is 0 Å². The van der Waals surface area contributed by atoms with Gasteiger partial charge in [0.25, 0.3) is 6.20 Å². The molecule has 0 aromatic rings. The summed E-state index contributed by atoms with van der Waals surface area (Å²) in [6.45, 7) is 0.735. The quantitative estimate of drug-likeness (QED) is 0.324. The van der Waals surface area contributed by atoms with Crippen LogP contribution in [0.4, 0.5) is 0 Å². The lowest BCUT2D eigenvalue weighted by Crippen LogP contribution is -2.29. The van der Waals surface area contributed by atoms with Crippen molar-refractivity contribution in [2.75, 3.05) is 6.54 Å². The summed E-state index contributed by atoms with van der Waals surface area (Å²) in [6.07, 6.45) is 2.50. The zero-order valence-electron chi connectivity index (χ0n) is 6.49. The molecule has 0 amide bonds. The average molecular weight is 170 g/mol. The summed E-state index contributed by atoms with van der Waals surface area (Å²) in [5, 5.41) is 16.4. The zero-order chi connectivity index (χ0) is 8.97. The minimum Gasteiger partial charge on any atom is -0.378 e. The molecule has 0 unspecified atom stereocenters. The van der Waals surface area contributed by atoms with Gasteiger partial charge in [-0.2, -0.15) is 5.10 Å². The third-order valence-corrected chi connectivity index (χ3v) is 1.61. The first-order valence-electron chi connectivity index (χ1n) is 3.60. The van der Waals surface area contributed by atoms with Crippen LogP contribution in [-0.4, -0.2) is 17.2 Å². The van der Waals surface area contributed by atoms with Gasteiger partial charge >= 0.3 is 0 Å². The molecule has 1 fully saturated rings. The molecular formula is C6H10N4O2. The summed E-state index contributed by atoms with van der Waals surface area (Å²) in [7, 11) is 0. The maximum absolute atomic E-state index is 10.1. The van der Waals surface area contributed by atoms with E-state index < -0.39 is 4.92 Å². The molecule has 3 N–H and O–H groups in total. The van der Waals surface area contributed by atoms with E-state index in [2.05, 4.69) is 10.4 Å². The Labute approximate surface area is 69.3 Å². The molecule has 0 bridgehead atoms. The normalized spacial score (nSPS) is 24.0. The molecule has 1 aliphatic rings. The Bertz CT molecular complexity index is 246. The fourth-order valence-electron chi connectivity index (χ4n) is 1.08. The van der Waals surface area contributed by atoms with Crippen LogP contribution in [0.3, 0.4) is 0 Å². The third kappa shape index (κ3) is 1.94. The van der Waals surface area contributed by atoms with E-state index >= 15 is 0 Å². The third-order valence-electron chi connectivity index (χ3n) is 1.61. The highest BCUT2D eigenvalue weighted by molar-refractivity contribution is 5.99. The number of nitrogens with one attached hydrogen (secondary N) is 1. The predicted molar refractivity (Wildman–Crippen MR) is 43.9 cm³/mol. The van der Waals surface area contributed by atoms with Crippen LogP contribution in [0.15, 0.2) is 17.0 Å². The number of rotatable bonds is 1. The second-order valence-electron chi connectivity index (χ2n) is 2.43. The molecule has 1 heterocycles. The van der Waals surface area contributed by atoms with Gasteiger partial charge in [-0.1, -0.05) is 0 Å².